The number of benzene rings is 2. The summed E-state index contributed by atoms with van der Waals surface area (Å²) in [6, 6.07) is 11.6. The zero-order valence-electron chi connectivity index (χ0n) is 14.9. The molecule has 5 heteroatoms. The molecule has 0 radical (unpaired) electrons. The monoisotopic (exact) mass is 358 g/mol. The largest absolute Gasteiger partial charge is 0.497 e. The molecule has 0 heterocycles. The maximum absolute atomic E-state index is 12.3. The maximum atomic E-state index is 12.3. The van der Waals surface area contributed by atoms with Gasteiger partial charge < -0.3 is 15.8 Å². The second kappa shape index (κ2) is 8.08. The van der Waals surface area contributed by atoms with Crippen molar-refractivity contribution in [2.24, 2.45) is 5.73 Å². The molecule has 1 amide bonds. The Morgan fingerprint density at radius 1 is 1.24 bits per heavy atom. The number of methoxy groups -OCH3 is 1. The number of allylic oxidation sites excluding steroid dienone is 1. The highest BCUT2D eigenvalue weighted by Gasteiger charge is 2.15. The van der Waals surface area contributed by atoms with Crippen molar-refractivity contribution in [1.29, 1.82) is 0 Å². The molecule has 2 rings (SSSR count). The molecule has 0 spiro atoms. The van der Waals surface area contributed by atoms with Crippen LogP contribution < -0.4 is 15.8 Å². The first-order valence-corrected chi connectivity index (χ1v) is 8.36. The van der Waals surface area contributed by atoms with Gasteiger partial charge in [0.25, 0.3) is 0 Å². The van der Waals surface area contributed by atoms with Crippen molar-refractivity contribution < 1.29 is 9.53 Å². The van der Waals surface area contributed by atoms with E-state index in [-0.39, 0.29) is 12.3 Å². The summed E-state index contributed by atoms with van der Waals surface area (Å²) in [5.74, 6) is 0.944. The van der Waals surface area contributed by atoms with Gasteiger partial charge in [0, 0.05) is 5.56 Å². The number of halogens is 1. The summed E-state index contributed by atoms with van der Waals surface area (Å²) >= 11 is 6.62. The molecule has 0 aliphatic carbocycles. The van der Waals surface area contributed by atoms with Crippen molar-refractivity contribution >= 4 is 17.5 Å². The van der Waals surface area contributed by atoms with Crippen molar-refractivity contribution in [2.75, 3.05) is 7.11 Å². The number of carbonyl (C=O) groups excluding carboxylic acids is 1. The molecule has 4 nitrogen and oxygen atoms in total. The van der Waals surface area contributed by atoms with Crippen LogP contribution in [-0.4, -0.2) is 13.0 Å². The number of amides is 1. The number of aryl methyl sites for hydroxylation is 1. The third kappa shape index (κ3) is 4.54. The standard InChI is InChI=1S/C20H23ClN2O2/c1-12(2)20(22)23-18(24)11-17-13(3)8-9-16(19(17)21)14-6-5-7-15(10-14)25-4/h5-10H,11,22H2,1-4H3,(H,23,24). The van der Waals surface area contributed by atoms with Crippen molar-refractivity contribution in [1.82, 2.24) is 5.32 Å². The lowest BCUT2D eigenvalue weighted by Gasteiger charge is -2.14. The van der Waals surface area contributed by atoms with Crippen LogP contribution in [0, 0.1) is 6.92 Å². The first-order chi connectivity index (χ1) is 11.8. The summed E-state index contributed by atoms with van der Waals surface area (Å²) in [4.78, 5) is 12.3. The smallest absolute Gasteiger partial charge is 0.229 e. The highest BCUT2D eigenvalue weighted by atomic mass is 35.5. The summed E-state index contributed by atoms with van der Waals surface area (Å²) in [7, 11) is 1.62. The molecule has 0 aromatic heterocycles. The fourth-order valence-corrected chi connectivity index (χ4v) is 2.82. The minimum absolute atomic E-state index is 0.163. The second-order valence-corrected chi connectivity index (χ2v) is 6.47. The average molecular weight is 359 g/mol. The fourth-order valence-electron chi connectivity index (χ4n) is 2.43. The summed E-state index contributed by atoms with van der Waals surface area (Å²) in [5.41, 5.74) is 10.2. The van der Waals surface area contributed by atoms with Gasteiger partial charge in [-0.3, -0.25) is 4.79 Å². The van der Waals surface area contributed by atoms with Gasteiger partial charge in [0.05, 0.1) is 18.6 Å². The lowest BCUT2D eigenvalue weighted by atomic mass is 9.97. The number of hydrogen-bond donors (Lipinski definition) is 2. The van der Waals surface area contributed by atoms with Crippen LogP contribution in [0.5, 0.6) is 5.75 Å². The van der Waals surface area contributed by atoms with Crippen LogP contribution in [0.15, 0.2) is 47.8 Å². The van der Waals surface area contributed by atoms with E-state index in [4.69, 9.17) is 22.1 Å². The predicted octanol–water partition coefficient (Wildman–Crippen LogP) is 4.19. The second-order valence-electron chi connectivity index (χ2n) is 6.09. The van der Waals surface area contributed by atoms with Crippen molar-refractivity contribution in [3.05, 3.63) is 63.9 Å². The van der Waals surface area contributed by atoms with Crippen molar-refractivity contribution in [3.63, 3.8) is 0 Å². The summed E-state index contributed by atoms with van der Waals surface area (Å²) in [6.45, 7) is 5.63. The molecule has 3 N–H and O–H groups in total. The molecule has 0 atom stereocenters. The third-order valence-electron chi connectivity index (χ3n) is 4.01. The molecule has 0 saturated carbocycles. The zero-order valence-corrected chi connectivity index (χ0v) is 15.7. The van der Waals surface area contributed by atoms with Gasteiger partial charge in [-0.25, -0.2) is 0 Å². The molecular formula is C20H23ClN2O2. The Morgan fingerprint density at radius 2 is 1.96 bits per heavy atom. The van der Waals surface area contributed by atoms with E-state index in [0.717, 1.165) is 33.6 Å². The summed E-state index contributed by atoms with van der Waals surface area (Å²) < 4.78 is 5.27. The molecule has 2 aromatic carbocycles. The molecule has 0 aliphatic rings. The van der Waals surface area contributed by atoms with Gasteiger partial charge in [-0.2, -0.15) is 0 Å². The van der Waals surface area contributed by atoms with E-state index in [1.807, 2.05) is 57.2 Å². The quantitative estimate of drug-likeness (QED) is 0.842. The molecule has 0 bridgehead atoms. The van der Waals surface area contributed by atoms with E-state index in [1.54, 1.807) is 7.11 Å². The van der Waals surface area contributed by atoms with Gasteiger partial charge >= 0.3 is 0 Å². The number of nitrogens with two attached hydrogens (primary N) is 1. The van der Waals surface area contributed by atoms with Crippen LogP contribution in [0.4, 0.5) is 0 Å². The van der Waals surface area contributed by atoms with Crippen LogP contribution in [0.1, 0.15) is 25.0 Å². The Morgan fingerprint density at radius 3 is 2.60 bits per heavy atom. The van der Waals surface area contributed by atoms with Crippen LogP contribution in [-0.2, 0) is 11.2 Å². The number of hydrogen-bond acceptors (Lipinski definition) is 3. The predicted molar refractivity (Wildman–Crippen MR) is 103 cm³/mol. The maximum Gasteiger partial charge on any atom is 0.229 e. The minimum atomic E-state index is -0.188. The fraction of sp³-hybridized carbons (Fsp3) is 0.250. The van der Waals surface area contributed by atoms with E-state index in [2.05, 4.69) is 5.32 Å². The summed E-state index contributed by atoms with van der Waals surface area (Å²) in [5, 5.41) is 3.27. The van der Waals surface area contributed by atoms with Crippen molar-refractivity contribution in [2.45, 2.75) is 27.2 Å². The normalized spacial score (nSPS) is 10.3. The first-order valence-electron chi connectivity index (χ1n) is 7.98. The van der Waals surface area contributed by atoms with E-state index in [1.165, 1.54) is 0 Å². The molecule has 0 aliphatic heterocycles. The van der Waals surface area contributed by atoms with Gasteiger partial charge in [-0.1, -0.05) is 35.9 Å². The molecule has 0 unspecified atom stereocenters. The zero-order chi connectivity index (χ0) is 18.6. The Kier molecular flexibility index (Phi) is 6.10. The Bertz CT molecular complexity index is 824. The topological polar surface area (TPSA) is 64.3 Å². The van der Waals surface area contributed by atoms with Gasteiger partial charge in [0.1, 0.15) is 11.6 Å². The molecule has 25 heavy (non-hydrogen) atoms. The lowest BCUT2D eigenvalue weighted by molar-refractivity contribution is -0.119. The molecular weight excluding hydrogens is 336 g/mol. The van der Waals surface area contributed by atoms with Crippen LogP contribution in [0.25, 0.3) is 11.1 Å². The lowest BCUT2D eigenvalue weighted by Crippen LogP contribution is -2.29. The Balaban J connectivity index is 2.37. The number of carbonyl (C=O) groups is 1. The van der Waals surface area contributed by atoms with Gasteiger partial charge in [0.15, 0.2) is 0 Å². The third-order valence-corrected chi connectivity index (χ3v) is 4.44. The Hall–Kier alpha value is -2.46. The highest BCUT2D eigenvalue weighted by Crippen LogP contribution is 2.34. The van der Waals surface area contributed by atoms with E-state index < -0.39 is 0 Å². The van der Waals surface area contributed by atoms with Crippen molar-refractivity contribution in [3.8, 4) is 16.9 Å². The number of rotatable bonds is 5. The van der Waals surface area contributed by atoms with Crippen LogP contribution >= 0.6 is 11.6 Å². The van der Waals surface area contributed by atoms with Gasteiger partial charge in [0.2, 0.25) is 5.91 Å². The van der Waals surface area contributed by atoms with Crippen LogP contribution in [0.3, 0.4) is 0 Å². The number of ether oxygens (including phenoxy) is 1. The van der Waals surface area contributed by atoms with Gasteiger partial charge in [-0.15, -0.1) is 0 Å². The molecule has 2 aromatic rings. The average Bonchev–Trinajstić information content (AvgIpc) is 2.58. The summed E-state index contributed by atoms with van der Waals surface area (Å²) in [6.07, 6.45) is 0.163. The number of nitrogens with one attached hydrogen (secondary N) is 1. The highest BCUT2D eigenvalue weighted by molar-refractivity contribution is 6.34. The molecule has 0 saturated heterocycles. The minimum Gasteiger partial charge on any atom is -0.497 e. The first kappa shape index (κ1) is 18.9. The van der Waals surface area contributed by atoms with E-state index in [0.29, 0.717) is 10.8 Å². The van der Waals surface area contributed by atoms with E-state index in [9.17, 15) is 4.79 Å². The van der Waals surface area contributed by atoms with E-state index >= 15 is 0 Å². The van der Waals surface area contributed by atoms with Crippen LogP contribution in [0.2, 0.25) is 5.02 Å². The van der Waals surface area contributed by atoms with Gasteiger partial charge in [-0.05, 0) is 55.2 Å². The SMILES string of the molecule is COc1cccc(-c2ccc(C)c(CC(=O)NC(N)=C(C)C)c2Cl)c1. The molecule has 132 valence electrons. The molecule has 0 fully saturated rings. The Labute approximate surface area is 153 Å².